The number of rotatable bonds is 6. The third kappa shape index (κ3) is 4.66. The number of piperazine rings is 1. The van der Waals surface area contributed by atoms with Crippen LogP contribution in [0.3, 0.4) is 0 Å². The number of amides is 1. The molecule has 0 saturated carbocycles. The highest BCUT2D eigenvalue weighted by atomic mass is 16.3. The zero-order chi connectivity index (χ0) is 15.3. The van der Waals surface area contributed by atoms with Crippen molar-refractivity contribution in [2.24, 2.45) is 0 Å². The van der Waals surface area contributed by atoms with Crippen molar-refractivity contribution in [1.29, 1.82) is 0 Å². The van der Waals surface area contributed by atoms with Crippen LogP contribution < -0.4 is 0 Å². The van der Waals surface area contributed by atoms with Crippen LogP contribution in [0.15, 0.2) is 0 Å². The molecule has 2 aliphatic heterocycles. The summed E-state index contributed by atoms with van der Waals surface area (Å²) in [5.74, 6) is 0.276. The molecule has 0 atom stereocenters. The van der Waals surface area contributed by atoms with Gasteiger partial charge in [-0.25, -0.2) is 0 Å². The summed E-state index contributed by atoms with van der Waals surface area (Å²) in [7, 11) is 0. The second-order valence-corrected chi connectivity index (χ2v) is 6.57. The zero-order valence-corrected chi connectivity index (χ0v) is 13.7. The van der Waals surface area contributed by atoms with E-state index in [2.05, 4.69) is 9.80 Å². The van der Waals surface area contributed by atoms with Gasteiger partial charge in [0.05, 0.1) is 12.1 Å². The van der Waals surface area contributed by atoms with Gasteiger partial charge in [0, 0.05) is 32.7 Å². The van der Waals surface area contributed by atoms with Crippen molar-refractivity contribution < 1.29 is 9.90 Å². The van der Waals surface area contributed by atoms with Crippen molar-refractivity contribution >= 4 is 5.91 Å². The molecule has 21 heavy (non-hydrogen) atoms. The maximum absolute atomic E-state index is 12.3. The van der Waals surface area contributed by atoms with Gasteiger partial charge in [0.15, 0.2) is 0 Å². The van der Waals surface area contributed by atoms with Gasteiger partial charge in [-0.05, 0) is 38.8 Å². The third-order valence-corrected chi connectivity index (χ3v) is 5.12. The molecule has 0 unspecified atom stereocenters. The maximum Gasteiger partial charge on any atom is 0.236 e. The summed E-state index contributed by atoms with van der Waals surface area (Å²) in [6.07, 6.45) is 4.04. The summed E-state index contributed by atoms with van der Waals surface area (Å²) in [4.78, 5) is 18.8. The lowest BCUT2D eigenvalue weighted by atomic mass is 9.96. The molecule has 2 fully saturated rings. The van der Waals surface area contributed by atoms with Crippen LogP contribution in [0.25, 0.3) is 0 Å². The summed E-state index contributed by atoms with van der Waals surface area (Å²) < 4.78 is 0. The molecule has 122 valence electrons. The maximum atomic E-state index is 12.3. The first-order valence-corrected chi connectivity index (χ1v) is 8.51. The molecule has 2 aliphatic rings. The molecule has 0 radical (unpaired) electrons. The Kier molecular flexibility index (Phi) is 6.02. The molecule has 0 spiro atoms. The highest BCUT2D eigenvalue weighted by molar-refractivity contribution is 5.78. The van der Waals surface area contributed by atoms with Crippen molar-refractivity contribution in [3.63, 3.8) is 0 Å². The quantitative estimate of drug-likeness (QED) is 0.787. The fourth-order valence-electron chi connectivity index (χ4n) is 3.28. The molecule has 2 heterocycles. The minimum atomic E-state index is -0.568. The molecule has 0 aromatic rings. The van der Waals surface area contributed by atoms with Crippen LogP contribution in [0, 0.1) is 0 Å². The van der Waals surface area contributed by atoms with Crippen molar-refractivity contribution in [2.75, 3.05) is 52.4 Å². The van der Waals surface area contributed by atoms with Gasteiger partial charge in [0.1, 0.15) is 0 Å². The number of carbonyl (C=O) groups is 1. The Balaban J connectivity index is 1.73. The van der Waals surface area contributed by atoms with Gasteiger partial charge in [-0.15, -0.1) is 0 Å². The van der Waals surface area contributed by atoms with Gasteiger partial charge in [-0.1, -0.05) is 13.8 Å². The molecule has 0 aromatic heterocycles. The summed E-state index contributed by atoms with van der Waals surface area (Å²) >= 11 is 0. The standard InChI is InChI=1S/C16H31N3O2/c1-3-16(21,4-2)14-18-9-11-19(12-10-18)15(20)13-17-7-5-6-8-17/h21H,3-14H2,1-2H3. The van der Waals surface area contributed by atoms with Crippen LogP contribution in [0.5, 0.6) is 0 Å². The first-order valence-electron chi connectivity index (χ1n) is 8.51. The Hall–Kier alpha value is -0.650. The van der Waals surface area contributed by atoms with Crippen LogP contribution in [0.1, 0.15) is 39.5 Å². The second-order valence-electron chi connectivity index (χ2n) is 6.57. The van der Waals surface area contributed by atoms with E-state index in [9.17, 15) is 9.90 Å². The molecule has 0 bridgehead atoms. The van der Waals surface area contributed by atoms with E-state index in [1.165, 1.54) is 12.8 Å². The fourth-order valence-corrected chi connectivity index (χ4v) is 3.28. The smallest absolute Gasteiger partial charge is 0.236 e. The molecule has 1 N–H and O–H groups in total. The van der Waals surface area contributed by atoms with Gasteiger partial charge in [-0.3, -0.25) is 14.6 Å². The van der Waals surface area contributed by atoms with Gasteiger partial charge >= 0.3 is 0 Å². The summed E-state index contributed by atoms with van der Waals surface area (Å²) in [6.45, 7) is 10.9. The monoisotopic (exact) mass is 297 g/mol. The Bertz CT molecular complexity index is 330. The van der Waals surface area contributed by atoms with Crippen molar-refractivity contribution in [3.05, 3.63) is 0 Å². The number of carbonyl (C=O) groups excluding carboxylic acids is 1. The normalized spacial score (nSPS) is 22.0. The predicted octanol–water partition coefficient (Wildman–Crippen LogP) is 0.778. The summed E-state index contributed by atoms with van der Waals surface area (Å²) in [6, 6.07) is 0. The molecular formula is C16H31N3O2. The molecular weight excluding hydrogens is 266 g/mol. The third-order valence-electron chi connectivity index (χ3n) is 5.12. The van der Waals surface area contributed by atoms with Gasteiger partial charge < -0.3 is 10.0 Å². The molecule has 1 amide bonds. The Morgan fingerprint density at radius 2 is 1.52 bits per heavy atom. The molecule has 0 aromatic carbocycles. The number of likely N-dealkylation sites (tertiary alicyclic amines) is 1. The average Bonchev–Trinajstić information content (AvgIpc) is 3.00. The summed E-state index contributed by atoms with van der Waals surface area (Å²) in [5.41, 5.74) is -0.568. The van der Waals surface area contributed by atoms with E-state index >= 15 is 0 Å². The minimum absolute atomic E-state index is 0.276. The Morgan fingerprint density at radius 3 is 2.05 bits per heavy atom. The first-order chi connectivity index (χ1) is 10.1. The topological polar surface area (TPSA) is 47.0 Å². The van der Waals surface area contributed by atoms with E-state index in [0.29, 0.717) is 6.54 Å². The predicted molar refractivity (Wildman–Crippen MR) is 84.2 cm³/mol. The number of hydrogen-bond donors (Lipinski definition) is 1. The Labute approximate surface area is 128 Å². The Morgan fingerprint density at radius 1 is 0.952 bits per heavy atom. The average molecular weight is 297 g/mol. The lowest BCUT2D eigenvalue weighted by molar-refractivity contribution is -0.134. The van der Waals surface area contributed by atoms with Crippen LogP contribution in [-0.2, 0) is 4.79 Å². The van der Waals surface area contributed by atoms with E-state index in [1.54, 1.807) is 0 Å². The lowest BCUT2D eigenvalue weighted by Gasteiger charge is -2.39. The van der Waals surface area contributed by atoms with Crippen LogP contribution >= 0.6 is 0 Å². The number of nitrogens with zero attached hydrogens (tertiary/aromatic N) is 3. The largest absolute Gasteiger partial charge is 0.389 e. The molecule has 2 saturated heterocycles. The molecule has 5 heteroatoms. The van der Waals surface area contributed by atoms with E-state index in [-0.39, 0.29) is 5.91 Å². The van der Waals surface area contributed by atoms with Crippen molar-refractivity contribution in [1.82, 2.24) is 14.7 Å². The van der Waals surface area contributed by atoms with Gasteiger partial charge in [0.25, 0.3) is 0 Å². The van der Waals surface area contributed by atoms with Crippen LogP contribution in [0.4, 0.5) is 0 Å². The van der Waals surface area contributed by atoms with Crippen LogP contribution in [0.2, 0.25) is 0 Å². The SMILES string of the molecule is CCC(O)(CC)CN1CCN(C(=O)CN2CCCC2)CC1. The molecule has 0 aliphatic carbocycles. The van der Waals surface area contributed by atoms with Crippen molar-refractivity contribution in [3.8, 4) is 0 Å². The van der Waals surface area contributed by atoms with Crippen LogP contribution in [-0.4, -0.2) is 83.7 Å². The zero-order valence-electron chi connectivity index (χ0n) is 13.7. The molecule has 2 rings (SSSR count). The highest BCUT2D eigenvalue weighted by Crippen LogP contribution is 2.17. The lowest BCUT2D eigenvalue weighted by Crippen LogP contribution is -2.54. The molecule has 5 nitrogen and oxygen atoms in total. The van der Waals surface area contributed by atoms with Gasteiger partial charge in [-0.2, -0.15) is 0 Å². The minimum Gasteiger partial charge on any atom is -0.389 e. The second kappa shape index (κ2) is 7.56. The first kappa shape index (κ1) is 16.7. The fraction of sp³-hybridized carbons (Fsp3) is 0.938. The number of hydrogen-bond acceptors (Lipinski definition) is 4. The van der Waals surface area contributed by atoms with Gasteiger partial charge in [0.2, 0.25) is 5.91 Å². The van der Waals surface area contributed by atoms with E-state index < -0.39 is 5.60 Å². The van der Waals surface area contributed by atoms with E-state index in [4.69, 9.17) is 0 Å². The van der Waals surface area contributed by atoms with E-state index in [1.807, 2.05) is 18.7 Å². The number of aliphatic hydroxyl groups is 1. The number of β-amino-alcohol motifs (C(OH)–C–C–N with tert-alkyl or cyclic N) is 1. The summed E-state index contributed by atoms with van der Waals surface area (Å²) in [5, 5.41) is 10.4. The highest BCUT2D eigenvalue weighted by Gasteiger charge is 2.29. The van der Waals surface area contributed by atoms with E-state index in [0.717, 1.165) is 58.7 Å². The van der Waals surface area contributed by atoms with Crippen molar-refractivity contribution in [2.45, 2.75) is 45.1 Å².